The Morgan fingerprint density at radius 2 is 1.38 bits per heavy atom. The van der Waals surface area contributed by atoms with Gasteiger partial charge in [-0.05, 0) is 45.4 Å². The van der Waals surface area contributed by atoms with Gasteiger partial charge >= 0.3 is 27.3 Å². The number of methoxy groups -OCH3 is 1. The molecule has 138 valence electrons. The number of ether oxygens (including phenoxy) is 1. The molecule has 0 spiro atoms. The van der Waals surface area contributed by atoms with Crippen LogP contribution in [-0.2, 0) is 14.3 Å². The molecule has 26 heavy (non-hydrogen) atoms. The van der Waals surface area contributed by atoms with Crippen molar-refractivity contribution in [3.05, 3.63) is 71.0 Å². The van der Waals surface area contributed by atoms with Gasteiger partial charge in [0.1, 0.15) is 0 Å². The van der Waals surface area contributed by atoms with Gasteiger partial charge in [-0.25, -0.2) is 0 Å². The maximum absolute atomic E-state index is 8.89. The molecule has 0 aromatic heterocycles. The first-order chi connectivity index (χ1) is 11.6. The van der Waals surface area contributed by atoms with E-state index in [1.54, 1.807) is 7.11 Å². The fourth-order valence-electron chi connectivity index (χ4n) is 1.37. The molecule has 0 aliphatic heterocycles. The number of carbonyl (C=O) groups excluding carboxylic acids is 2. The molecule has 0 amide bonds. The second-order valence-electron chi connectivity index (χ2n) is 4.83. The molecule has 0 fully saturated rings. The molecular formula is C20H24O5Pb. The van der Waals surface area contributed by atoms with Gasteiger partial charge in [-0.1, -0.05) is 48.6 Å². The number of carboxylic acids is 2. The van der Waals surface area contributed by atoms with E-state index >= 15 is 0 Å². The van der Waals surface area contributed by atoms with E-state index in [0.29, 0.717) is 0 Å². The standard InChI is InChI=1S/C10H13O.C6H5.2C2H4O2.Pb/c1-7-5-10(11-4)6-8(2)9(7)3;1-2-4-6-5-3-1;2*1-2(3)4;/h5H,1-4H3;1-5H;2*1H3,(H,3,4);/q;;;;+2/p-2. The van der Waals surface area contributed by atoms with Crippen LogP contribution in [0.3, 0.4) is 0 Å². The molecule has 0 N–H and O–H groups in total. The predicted octanol–water partition coefficient (Wildman–Crippen LogP) is 1.23. The van der Waals surface area contributed by atoms with E-state index in [9.17, 15) is 0 Å². The minimum absolute atomic E-state index is 0. The number of carbonyl (C=O) groups is 2. The van der Waals surface area contributed by atoms with Gasteiger partial charge in [0, 0.05) is 17.9 Å². The number of hydrogen-bond acceptors (Lipinski definition) is 5. The molecule has 0 bridgehead atoms. The van der Waals surface area contributed by atoms with E-state index in [0.717, 1.165) is 19.6 Å². The molecule has 5 nitrogen and oxygen atoms in total. The number of rotatable bonds is 1. The van der Waals surface area contributed by atoms with Gasteiger partial charge in [0.05, 0.1) is 7.11 Å². The van der Waals surface area contributed by atoms with Crippen LogP contribution in [0, 0.1) is 12.0 Å². The van der Waals surface area contributed by atoms with Crippen molar-refractivity contribution < 1.29 is 24.5 Å². The number of benzene rings is 1. The first-order valence-electron chi connectivity index (χ1n) is 7.42. The van der Waals surface area contributed by atoms with Gasteiger partial charge in [-0.2, -0.15) is 0 Å². The molecule has 1 aliphatic carbocycles. The molecule has 0 saturated heterocycles. The Balaban J connectivity index is -0.000000300. The Bertz CT molecular complexity index is 568. The topological polar surface area (TPSA) is 89.5 Å². The minimum Gasteiger partial charge on any atom is -0.550 e. The van der Waals surface area contributed by atoms with Crippen molar-refractivity contribution in [1.29, 1.82) is 0 Å². The number of hydrogen-bond donors (Lipinski definition) is 0. The van der Waals surface area contributed by atoms with E-state index in [-0.39, 0.29) is 27.3 Å². The summed E-state index contributed by atoms with van der Waals surface area (Å²) >= 11 is 0. The van der Waals surface area contributed by atoms with E-state index in [4.69, 9.17) is 24.5 Å². The molecule has 6 heteroatoms. The Hall–Kier alpha value is -1.86. The fourth-order valence-corrected chi connectivity index (χ4v) is 1.37. The summed E-state index contributed by atoms with van der Waals surface area (Å²) in [5, 5.41) is 17.8. The summed E-state index contributed by atoms with van der Waals surface area (Å²) in [4.78, 5) is 17.8. The number of allylic oxidation sites excluding steroid dienone is 2. The first kappa shape index (κ1) is 28.9. The van der Waals surface area contributed by atoms with Gasteiger partial charge in [0.2, 0.25) is 0 Å². The Morgan fingerprint density at radius 1 is 0.962 bits per heavy atom. The molecule has 2 rings (SSSR count). The first-order valence-corrected chi connectivity index (χ1v) is 7.42. The third-order valence-electron chi connectivity index (χ3n) is 2.64. The summed E-state index contributed by atoms with van der Waals surface area (Å²) in [6.07, 6.45) is 2.00. The summed E-state index contributed by atoms with van der Waals surface area (Å²) in [7, 11) is 1.67. The molecule has 0 unspecified atom stereocenters. The van der Waals surface area contributed by atoms with Crippen molar-refractivity contribution in [2.75, 3.05) is 7.11 Å². The van der Waals surface area contributed by atoms with Crippen LogP contribution in [0.15, 0.2) is 59.0 Å². The Morgan fingerprint density at radius 3 is 1.62 bits per heavy atom. The van der Waals surface area contributed by atoms with Crippen LogP contribution >= 0.6 is 0 Å². The molecule has 4 radical (unpaired) electrons. The zero-order chi connectivity index (χ0) is 19.8. The predicted molar refractivity (Wildman–Crippen MR) is 98.3 cm³/mol. The molecule has 0 saturated carbocycles. The Kier molecular flexibility index (Phi) is 20.0. The molecule has 1 aromatic carbocycles. The van der Waals surface area contributed by atoms with Crippen molar-refractivity contribution in [3.8, 4) is 0 Å². The quantitative estimate of drug-likeness (QED) is 0.387. The van der Waals surface area contributed by atoms with Crippen molar-refractivity contribution in [2.45, 2.75) is 34.6 Å². The van der Waals surface area contributed by atoms with Gasteiger partial charge in [0.25, 0.3) is 0 Å². The average Bonchev–Trinajstić information content (AvgIpc) is 2.53. The van der Waals surface area contributed by atoms with Crippen molar-refractivity contribution >= 4 is 39.2 Å². The zero-order valence-electron chi connectivity index (χ0n) is 16.0. The summed E-state index contributed by atoms with van der Waals surface area (Å²) in [6.45, 7) is 8.17. The maximum Gasteiger partial charge on any atom is 2.00 e. The smallest absolute Gasteiger partial charge is 0.550 e. The summed E-state index contributed by atoms with van der Waals surface area (Å²) in [6, 6.07) is 12.5. The molecule has 1 aromatic rings. The second-order valence-corrected chi connectivity index (χ2v) is 4.83. The number of carboxylic acid groups (broad SMARTS) is 2. The SMILES string of the molecule is CC(=O)[O-].CC(=O)[O-].COC1=C=C(C)[C](C)C(C)=C1.[Pb+2].[c]1ccccc1. The van der Waals surface area contributed by atoms with Gasteiger partial charge < -0.3 is 24.5 Å². The average molecular weight is 552 g/mol. The zero-order valence-corrected chi connectivity index (χ0v) is 19.9. The molecule has 0 atom stereocenters. The van der Waals surface area contributed by atoms with Crippen LogP contribution in [0.25, 0.3) is 0 Å². The van der Waals surface area contributed by atoms with E-state index in [2.05, 4.69) is 25.6 Å². The largest absolute Gasteiger partial charge is 2.00 e. The van der Waals surface area contributed by atoms with E-state index in [1.807, 2.05) is 43.3 Å². The second kappa shape index (κ2) is 17.9. The minimum atomic E-state index is -1.08. The molecule has 0 heterocycles. The van der Waals surface area contributed by atoms with Crippen LogP contribution < -0.4 is 10.2 Å². The normalized spacial score (nSPS) is 11.7. The van der Waals surface area contributed by atoms with Crippen LogP contribution in [-0.4, -0.2) is 46.3 Å². The molecule has 1 aliphatic rings. The van der Waals surface area contributed by atoms with Gasteiger partial charge in [-0.3, -0.25) is 0 Å². The van der Waals surface area contributed by atoms with E-state index in [1.165, 1.54) is 17.1 Å². The van der Waals surface area contributed by atoms with Crippen molar-refractivity contribution in [2.24, 2.45) is 0 Å². The van der Waals surface area contributed by atoms with Crippen LogP contribution in [0.2, 0.25) is 0 Å². The van der Waals surface area contributed by atoms with E-state index < -0.39 is 11.9 Å². The summed E-state index contributed by atoms with van der Waals surface area (Å²) in [5.41, 5.74) is 5.57. The third kappa shape index (κ3) is 20.2. The fraction of sp³-hybridized carbons (Fsp3) is 0.300. The van der Waals surface area contributed by atoms with Crippen molar-refractivity contribution in [3.63, 3.8) is 0 Å². The van der Waals surface area contributed by atoms with Crippen LogP contribution in [0.1, 0.15) is 34.6 Å². The summed E-state index contributed by atoms with van der Waals surface area (Å²) < 4.78 is 5.08. The van der Waals surface area contributed by atoms with Crippen molar-refractivity contribution in [1.82, 2.24) is 0 Å². The monoisotopic (exact) mass is 552 g/mol. The van der Waals surface area contributed by atoms with Crippen LogP contribution in [0.4, 0.5) is 0 Å². The molecular weight excluding hydrogens is 527 g/mol. The summed E-state index contributed by atoms with van der Waals surface area (Å²) in [5.74, 6) is -0.0450. The maximum atomic E-state index is 8.89. The van der Waals surface area contributed by atoms with Crippen LogP contribution in [0.5, 0.6) is 0 Å². The number of aliphatic carboxylic acids is 2. The van der Waals surface area contributed by atoms with Gasteiger partial charge in [-0.15, -0.1) is 0 Å². The Labute approximate surface area is 176 Å². The third-order valence-corrected chi connectivity index (χ3v) is 2.64. The van der Waals surface area contributed by atoms with Gasteiger partial charge in [0.15, 0.2) is 5.76 Å².